The first-order chi connectivity index (χ1) is 14.5. The van der Waals surface area contributed by atoms with E-state index < -0.39 is 0 Å². The highest BCUT2D eigenvalue weighted by Gasteiger charge is 2.19. The van der Waals surface area contributed by atoms with Gasteiger partial charge in [0.25, 0.3) is 0 Å². The summed E-state index contributed by atoms with van der Waals surface area (Å²) in [6.07, 6.45) is 0. The molecule has 7 nitrogen and oxygen atoms in total. The lowest BCUT2D eigenvalue weighted by atomic mass is 10.2. The molecule has 2 aromatic carbocycles. The second-order valence-corrected chi connectivity index (χ2v) is 8.03. The Morgan fingerprint density at radius 2 is 1.87 bits per heavy atom. The Morgan fingerprint density at radius 3 is 2.57 bits per heavy atom. The molecule has 1 amide bonds. The first kappa shape index (κ1) is 21.7. The molecule has 0 fully saturated rings. The van der Waals surface area contributed by atoms with Crippen LogP contribution in [0.1, 0.15) is 25.2 Å². The lowest BCUT2D eigenvalue weighted by Crippen LogP contribution is -2.22. The monoisotopic (exact) mass is 426 g/mol. The molecule has 0 aliphatic heterocycles. The maximum absolute atomic E-state index is 12.5. The molecule has 1 atom stereocenters. The van der Waals surface area contributed by atoms with Gasteiger partial charge in [0, 0.05) is 12.7 Å². The molecule has 0 aliphatic rings. The normalized spacial score (nSPS) is 11.7. The summed E-state index contributed by atoms with van der Waals surface area (Å²) < 4.78 is 13.1. The van der Waals surface area contributed by atoms with E-state index >= 15 is 0 Å². The average Bonchev–Trinajstić information content (AvgIpc) is 3.08. The van der Waals surface area contributed by atoms with E-state index in [-0.39, 0.29) is 11.2 Å². The number of para-hydroxylation sites is 1. The molecule has 0 saturated carbocycles. The minimum absolute atomic E-state index is 0.107. The van der Waals surface area contributed by atoms with E-state index in [9.17, 15) is 4.79 Å². The summed E-state index contributed by atoms with van der Waals surface area (Å²) in [5, 5.41) is 11.6. The van der Waals surface area contributed by atoms with Gasteiger partial charge in [-0.3, -0.25) is 4.79 Å². The lowest BCUT2D eigenvalue weighted by Gasteiger charge is -2.12. The third-order valence-corrected chi connectivity index (χ3v) is 5.59. The van der Waals surface area contributed by atoms with Crippen LogP contribution in [-0.4, -0.2) is 32.5 Å². The summed E-state index contributed by atoms with van der Waals surface area (Å²) >= 11 is 1.35. The Balaban J connectivity index is 1.56. The number of thioether (sulfide) groups is 1. The van der Waals surface area contributed by atoms with E-state index in [0.717, 1.165) is 22.7 Å². The van der Waals surface area contributed by atoms with Gasteiger partial charge in [-0.2, -0.15) is 0 Å². The number of carbonyl (C=O) groups excluding carboxylic acids is 1. The standard InChI is InChI=1S/C22H26N4O3S/c1-5-28-18-12-10-17(11-13-18)23-21(27)16(3)30-22-25-24-20(26(22)4)14-29-19-9-7-6-8-15(19)2/h6-13,16H,5,14H2,1-4H3,(H,23,27)/t16-/m1/s1. The van der Waals surface area contributed by atoms with Gasteiger partial charge in [0.05, 0.1) is 11.9 Å². The van der Waals surface area contributed by atoms with Crippen LogP contribution >= 0.6 is 11.8 Å². The van der Waals surface area contributed by atoms with E-state index in [0.29, 0.717) is 24.2 Å². The fourth-order valence-electron chi connectivity index (χ4n) is 2.69. The molecule has 1 N–H and O–H groups in total. The molecular weight excluding hydrogens is 400 g/mol. The number of anilines is 1. The number of amides is 1. The molecular formula is C22H26N4O3S. The number of rotatable bonds is 9. The number of aromatic nitrogens is 3. The molecule has 158 valence electrons. The fraction of sp³-hybridized carbons (Fsp3) is 0.318. The van der Waals surface area contributed by atoms with Crippen molar-refractivity contribution < 1.29 is 14.3 Å². The van der Waals surface area contributed by atoms with Crippen molar-refractivity contribution >= 4 is 23.4 Å². The zero-order chi connectivity index (χ0) is 21.5. The molecule has 8 heteroatoms. The van der Waals surface area contributed by atoms with Crippen molar-refractivity contribution in [1.82, 2.24) is 14.8 Å². The third-order valence-electron chi connectivity index (χ3n) is 4.46. The molecule has 1 aromatic heterocycles. The molecule has 0 unspecified atom stereocenters. The van der Waals surface area contributed by atoms with E-state index in [1.165, 1.54) is 11.8 Å². The van der Waals surface area contributed by atoms with Crippen molar-refractivity contribution in [2.75, 3.05) is 11.9 Å². The number of nitrogens with one attached hydrogen (secondary N) is 1. The Hall–Kier alpha value is -3.00. The number of hydrogen-bond donors (Lipinski definition) is 1. The van der Waals surface area contributed by atoms with Gasteiger partial charge in [0.15, 0.2) is 11.0 Å². The van der Waals surface area contributed by atoms with Crippen LogP contribution in [0, 0.1) is 6.92 Å². The molecule has 0 radical (unpaired) electrons. The Kier molecular flexibility index (Phi) is 7.35. The van der Waals surface area contributed by atoms with Crippen LogP contribution in [0.4, 0.5) is 5.69 Å². The molecule has 3 aromatic rings. The van der Waals surface area contributed by atoms with Crippen molar-refractivity contribution in [3.63, 3.8) is 0 Å². The first-order valence-electron chi connectivity index (χ1n) is 9.75. The summed E-state index contributed by atoms with van der Waals surface area (Å²) in [7, 11) is 1.87. The molecule has 1 heterocycles. The van der Waals surface area contributed by atoms with Crippen molar-refractivity contribution in [1.29, 1.82) is 0 Å². The highest BCUT2D eigenvalue weighted by molar-refractivity contribution is 8.00. The largest absolute Gasteiger partial charge is 0.494 e. The molecule has 0 saturated heterocycles. The number of ether oxygens (including phenoxy) is 2. The SMILES string of the molecule is CCOc1ccc(NC(=O)[C@@H](C)Sc2nnc(COc3ccccc3C)n2C)cc1. The number of nitrogens with zero attached hydrogens (tertiary/aromatic N) is 3. The summed E-state index contributed by atoms with van der Waals surface area (Å²) in [4.78, 5) is 12.5. The molecule has 3 rings (SSSR count). The second kappa shape index (κ2) is 10.2. The van der Waals surface area contributed by atoms with Crippen molar-refractivity contribution in [3.8, 4) is 11.5 Å². The maximum Gasteiger partial charge on any atom is 0.237 e. The van der Waals surface area contributed by atoms with Crippen molar-refractivity contribution in [2.24, 2.45) is 7.05 Å². The zero-order valence-electron chi connectivity index (χ0n) is 17.6. The Bertz CT molecular complexity index is 988. The molecule has 0 spiro atoms. The number of aryl methyl sites for hydroxylation is 1. The average molecular weight is 427 g/mol. The Morgan fingerprint density at radius 1 is 1.13 bits per heavy atom. The van der Waals surface area contributed by atoms with Crippen LogP contribution in [0.5, 0.6) is 11.5 Å². The maximum atomic E-state index is 12.5. The minimum Gasteiger partial charge on any atom is -0.494 e. The van der Waals surface area contributed by atoms with Crippen LogP contribution in [0.2, 0.25) is 0 Å². The summed E-state index contributed by atoms with van der Waals surface area (Å²) in [6.45, 7) is 6.68. The minimum atomic E-state index is -0.343. The quantitative estimate of drug-likeness (QED) is 0.516. The van der Waals surface area contributed by atoms with Gasteiger partial charge >= 0.3 is 0 Å². The van der Waals surface area contributed by atoms with Crippen LogP contribution < -0.4 is 14.8 Å². The number of hydrogen-bond acceptors (Lipinski definition) is 6. The zero-order valence-corrected chi connectivity index (χ0v) is 18.4. The van der Waals surface area contributed by atoms with Crippen LogP contribution in [0.3, 0.4) is 0 Å². The van der Waals surface area contributed by atoms with Crippen molar-refractivity contribution in [3.05, 3.63) is 59.9 Å². The molecule has 0 aliphatic carbocycles. The topological polar surface area (TPSA) is 78.3 Å². The molecule has 30 heavy (non-hydrogen) atoms. The number of benzene rings is 2. The third kappa shape index (κ3) is 5.54. The van der Waals surface area contributed by atoms with E-state index in [2.05, 4.69) is 15.5 Å². The summed E-state index contributed by atoms with van der Waals surface area (Å²) in [6, 6.07) is 15.1. The van der Waals surface area contributed by atoms with Crippen LogP contribution in [0.15, 0.2) is 53.7 Å². The summed E-state index contributed by atoms with van der Waals surface area (Å²) in [5.74, 6) is 2.18. The molecule has 0 bridgehead atoms. The fourth-order valence-corrected chi connectivity index (χ4v) is 3.52. The van der Waals surface area contributed by atoms with Gasteiger partial charge < -0.3 is 19.4 Å². The first-order valence-corrected chi connectivity index (χ1v) is 10.6. The van der Waals surface area contributed by atoms with E-state index in [1.54, 1.807) is 0 Å². The second-order valence-electron chi connectivity index (χ2n) is 6.72. The van der Waals surface area contributed by atoms with E-state index in [1.807, 2.05) is 80.9 Å². The number of carbonyl (C=O) groups is 1. The van der Waals surface area contributed by atoms with Crippen LogP contribution in [-0.2, 0) is 18.4 Å². The van der Waals surface area contributed by atoms with Gasteiger partial charge in [-0.25, -0.2) is 0 Å². The lowest BCUT2D eigenvalue weighted by molar-refractivity contribution is -0.115. The van der Waals surface area contributed by atoms with Crippen LogP contribution in [0.25, 0.3) is 0 Å². The van der Waals surface area contributed by atoms with Gasteiger partial charge in [0.2, 0.25) is 5.91 Å². The van der Waals surface area contributed by atoms with E-state index in [4.69, 9.17) is 9.47 Å². The smallest absolute Gasteiger partial charge is 0.237 e. The van der Waals surface area contributed by atoms with Crippen molar-refractivity contribution in [2.45, 2.75) is 37.8 Å². The predicted octanol–water partition coefficient (Wildman–Crippen LogP) is 4.22. The highest BCUT2D eigenvalue weighted by Crippen LogP contribution is 2.24. The van der Waals surface area contributed by atoms with Gasteiger partial charge in [0.1, 0.15) is 18.1 Å². The predicted molar refractivity (Wildman–Crippen MR) is 118 cm³/mol. The van der Waals surface area contributed by atoms with Gasteiger partial charge in [-0.05, 0) is 56.7 Å². The van der Waals surface area contributed by atoms with Gasteiger partial charge in [-0.1, -0.05) is 30.0 Å². The Labute approximate surface area is 180 Å². The van der Waals surface area contributed by atoms with Gasteiger partial charge in [-0.15, -0.1) is 10.2 Å². The highest BCUT2D eigenvalue weighted by atomic mass is 32.2. The summed E-state index contributed by atoms with van der Waals surface area (Å²) in [5.41, 5.74) is 1.79.